The second-order valence-corrected chi connectivity index (χ2v) is 4.08. The van der Waals surface area contributed by atoms with Gasteiger partial charge in [0.15, 0.2) is 0 Å². The number of halogens is 1. The van der Waals surface area contributed by atoms with Crippen LogP contribution < -0.4 is 0 Å². The van der Waals surface area contributed by atoms with Gasteiger partial charge in [0.05, 0.1) is 0 Å². The molecule has 0 bridgehead atoms. The number of phenols is 1. The zero-order valence-corrected chi connectivity index (χ0v) is 9.63. The molecular weight excluding hydrogens is 244 g/mol. The normalized spacial score (nSPS) is 11.5. The Morgan fingerprint density at radius 1 is 1.50 bits per heavy atom. The number of hydrogen-bond acceptors (Lipinski definition) is 2. The molecule has 0 radical (unpaired) electrons. The van der Waals surface area contributed by atoms with Gasteiger partial charge in [0.1, 0.15) is 12.0 Å². The van der Waals surface area contributed by atoms with Crippen LogP contribution in [0.1, 0.15) is 18.1 Å². The van der Waals surface area contributed by atoms with Gasteiger partial charge < -0.3 is 5.11 Å². The average molecular weight is 255 g/mol. The van der Waals surface area contributed by atoms with E-state index in [0.29, 0.717) is 11.1 Å². The summed E-state index contributed by atoms with van der Waals surface area (Å²) in [4.78, 5) is 10.4. The Kier molecular flexibility index (Phi) is 3.47. The number of allylic oxidation sites excluding steroid dienone is 1. The average Bonchev–Trinajstić information content (AvgIpc) is 2.13. The fourth-order valence-electron chi connectivity index (χ4n) is 1.15. The maximum Gasteiger partial charge on any atom is 0.145 e. The van der Waals surface area contributed by atoms with Crippen LogP contribution in [0.15, 0.2) is 22.2 Å². The first-order valence-electron chi connectivity index (χ1n) is 4.17. The van der Waals surface area contributed by atoms with Crippen LogP contribution in [0.3, 0.4) is 0 Å². The topological polar surface area (TPSA) is 37.3 Å². The number of aromatic hydroxyl groups is 1. The third-order valence-corrected chi connectivity index (χ3v) is 2.32. The second-order valence-electron chi connectivity index (χ2n) is 3.17. The first-order chi connectivity index (χ1) is 6.54. The summed E-state index contributed by atoms with van der Waals surface area (Å²) in [5.74, 6) is 0.217. The fourth-order valence-corrected chi connectivity index (χ4v) is 1.74. The van der Waals surface area contributed by atoms with E-state index >= 15 is 0 Å². The number of rotatable bonds is 2. The molecule has 1 aromatic carbocycles. The predicted octanol–water partition coefficient (Wildman–Crippen LogP) is 3.07. The monoisotopic (exact) mass is 254 g/mol. The van der Waals surface area contributed by atoms with E-state index < -0.39 is 0 Å². The summed E-state index contributed by atoms with van der Waals surface area (Å²) >= 11 is 3.33. The van der Waals surface area contributed by atoms with Gasteiger partial charge in [-0.15, -0.1) is 0 Å². The highest BCUT2D eigenvalue weighted by Gasteiger charge is 2.03. The van der Waals surface area contributed by atoms with Gasteiger partial charge >= 0.3 is 0 Å². The predicted molar refractivity (Wildman–Crippen MR) is 60.3 cm³/mol. The second kappa shape index (κ2) is 4.42. The lowest BCUT2D eigenvalue weighted by Crippen LogP contribution is -1.83. The van der Waals surface area contributed by atoms with E-state index in [1.54, 1.807) is 19.1 Å². The summed E-state index contributed by atoms with van der Waals surface area (Å²) in [6.07, 6.45) is 2.41. The number of phenolic OH excluding ortho intramolecular Hbond substituents is 1. The molecular formula is C11H11BrO2. The molecule has 1 N–H and O–H groups in total. The summed E-state index contributed by atoms with van der Waals surface area (Å²) in [5.41, 5.74) is 2.02. The molecule has 0 unspecified atom stereocenters. The zero-order chi connectivity index (χ0) is 10.7. The molecule has 0 aromatic heterocycles. The van der Waals surface area contributed by atoms with E-state index in [9.17, 15) is 9.90 Å². The Hall–Kier alpha value is -1.09. The molecule has 0 amide bonds. The van der Waals surface area contributed by atoms with Crippen LogP contribution in [-0.4, -0.2) is 11.4 Å². The molecule has 3 heteroatoms. The third kappa shape index (κ3) is 2.45. The minimum absolute atomic E-state index is 0.217. The van der Waals surface area contributed by atoms with Crippen LogP contribution in [0.5, 0.6) is 5.75 Å². The molecule has 74 valence electrons. The summed E-state index contributed by atoms with van der Waals surface area (Å²) in [5, 5.41) is 9.69. The molecule has 1 aromatic rings. The molecule has 0 saturated carbocycles. The van der Waals surface area contributed by atoms with Crippen molar-refractivity contribution < 1.29 is 9.90 Å². The first-order valence-corrected chi connectivity index (χ1v) is 4.96. The highest BCUT2D eigenvalue weighted by molar-refractivity contribution is 9.10. The molecule has 0 fully saturated rings. The minimum atomic E-state index is 0.217. The highest BCUT2D eigenvalue weighted by Crippen LogP contribution is 2.28. The number of carbonyl (C=O) groups is 1. The van der Waals surface area contributed by atoms with E-state index in [-0.39, 0.29) is 5.75 Å². The molecule has 14 heavy (non-hydrogen) atoms. The largest absolute Gasteiger partial charge is 0.507 e. The quantitative estimate of drug-likeness (QED) is 0.651. The lowest BCUT2D eigenvalue weighted by atomic mass is 10.1. The van der Waals surface area contributed by atoms with E-state index in [4.69, 9.17) is 0 Å². The van der Waals surface area contributed by atoms with Gasteiger partial charge in [0.2, 0.25) is 0 Å². The van der Waals surface area contributed by atoms with Crippen LogP contribution in [0.25, 0.3) is 6.08 Å². The lowest BCUT2D eigenvalue weighted by Gasteiger charge is -2.04. The molecule has 0 aliphatic heterocycles. The number of carbonyl (C=O) groups excluding carboxylic acids is 1. The van der Waals surface area contributed by atoms with Crippen molar-refractivity contribution in [2.75, 3.05) is 0 Å². The number of aryl methyl sites for hydroxylation is 1. The molecule has 0 atom stereocenters. The molecule has 0 heterocycles. The molecule has 0 spiro atoms. The van der Waals surface area contributed by atoms with Crippen molar-refractivity contribution in [2.45, 2.75) is 13.8 Å². The van der Waals surface area contributed by atoms with Crippen LogP contribution in [0.4, 0.5) is 0 Å². The van der Waals surface area contributed by atoms with E-state index in [0.717, 1.165) is 16.3 Å². The maximum atomic E-state index is 10.4. The maximum absolute atomic E-state index is 10.4. The van der Waals surface area contributed by atoms with E-state index in [1.165, 1.54) is 0 Å². The summed E-state index contributed by atoms with van der Waals surface area (Å²) < 4.78 is 0.887. The zero-order valence-electron chi connectivity index (χ0n) is 8.04. The SMILES string of the molecule is C/C(C=O)=C\c1cc(Br)cc(C)c1O. The number of benzene rings is 1. The number of hydrogen-bond donors (Lipinski definition) is 1. The molecule has 0 aliphatic rings. The van der Waals surface area contributed by atoms with Crippen molar-refractivity contribution in [3.8, 4) is 5.75 Å². The molecule has 0 aliphatic carbocycles. The smallest absolute Gasteiger partial charge is 0.145 e. The Morgan fingerprint density at radius 3 is 2.71 bits per heavy atom. The Bertz CT molecular complexity index is 395. The van der Waals surface area contributed by atoms with Gasteiger partial charge in [0, 0.05) is 10.0 Å². The van der Waals surface area contributed by atoms with Gasteiger partial charge in [-0.3, -0.25) is 4.79 Å². The van der Waals surface area contributed by atoms with E-state index in [1.807, 2.05) is 13.0 Å². The van der Waals surface area contributed by atoms with Crippen molar-refractivity contribution in [3.63, 3.8) is 0 Å². The standard InChI is InChI=1S/C11H11BrO2/c1-7(6-13)3-9-5-10(12)4-8(2)11(9)14/h3-6,14H,1-2H3/b7-3+. The summed E-state index contributed by atoms with van der Waals surface area (Å²) in [6, 6.07) is 3.60. The molecule has 2 nitrogen and oxygen atoms in total. The third-order valence-electron chi connectivity index (χ3n) is 1.86. The Morgan fingerprint density at radius 2 is 2.14 bits per heavy atom. The Labute approximate surface area is 91.4 Å². The fraction of sp³-hybridized carbons (Fsp3) is 0.182. The van der Waals surface area contributed by atoms with Crippen molar-refractivity contribution >= 4 is 28.3 Å². The van der Waals surface area contributed by atoms with Gasteiger partial charge in [0.25, 0.3) is 0 Å². The van der Waals surface area contributed by atoms with Crippen molar-refractivity contribution in [3.05, 3.63) is 33.3 Å². The van der Waals surface area contributed by atoms with Gasteiger partial charge in [-0.25, -0.2) is 0 Å². The van der Waals surface area contributed by atoms with E-state index in [2.05, 4.69) is 15.9 Å². The Balaban J connectivity index is 3.27. The molecule has 1 rings (SSSR count). The van der Waals surface area contributed by atoms with Gasteiger partial charge in [-0.2, -0.15) is 0 Å². The lowest BCUT2D eigenvalue weighted by molar-refractivity contribution is -0.104. The van der Waals surface area contributed by atoms with Crippen LogP contribution in [0, 0.1) is 6.92 Å². The number of aldehydes is 1. The van der Waals surface area contributed by atoms with Crippen LogP contribution in [0.2, 0.25) is 0 Å². The summed E-state index contributed by atoms with van der Waals surface area (Å²) in [7, 11) is 0. The van der Waals surface area contributed by atoms with Crippen LogP contribution >= 0.6 is 15.9 Å². The van der Waals surface area contributed by atoms with Gasteiger partial charge in [-0.05, 0) is 43.2 Å². The highest BCUT2D eigenvalue weighted by atomic mass is 79.9. The molecule has 0 saturated heterocycles. The van der Waals surface area contributed by atoms with Crippen LogP contribution in [-0.2, 0) is 4.79 Å². The first kappa shape index (κ1) is 11.0. The summed E-state index contributed by atoms with van der Waals surface area (Å²) in [6.45, 7) is 3.51. The minimum Gasteiger partial charge on any atom is -0.507 e. The van der Waals surface area contributed by atoms with Crippen molar-refractivity contribution in [2.24, 2.45) is 0 Å². The van der Waals surface area contributed by atoms with Crippen molar-refractivity contribution in [1.29, 1.82) is 0 Å². The van der Waals surface area contributed by atoms with Gasteiger partial charge in [-0.1, -0.05) is 15.9 Å². The van der Waals surface area contributed by atoms with Crippen molar-refractivity contribution in [1.82, 2.24) is 0 Å².